The maximum absolute atomic E-state index is 11.9. The molecule has 0 aliphatic carbocycles. The van der Waals surface area contributed by atoms with Gasteiger partial charge in [0.2, 0.25) is 10.0 Å². The van der Waals surface area contributed by atoms with E-state index in [1.54, 1.807) is 18.2 Å². The van der Waals surface area contributed by atoms with Gasteiger partial charge in [0, 0.05) is 13.2 Å². The van der Waals surface area contributed by atoms with Crippen molar-refractivity contribution in [2.24, 2.45) is 0 Å². The van der Waals surface area contributed by atoms with Crippen LogP contribution in [0.1, 0.15) is 22.3 Å². The molecular weight excluding hydrogens is 270 g/mol. The molecule has 0 radical (unpaired) electrons. The van der Waals surface area contributed by atoms with Gasteiger partial charge in [0.05, 0.1) is 12.2 Å². The van der Waals surface area contributed by atoms with Crippen molar-refractivity contribution in [2.45, 2.75) is 18.2 Å². The predicted octanol–water partition coefficient (Wildman–Crippen LogP) is 0.593. The van der Waals surface area contributed by atoms with Crippen LogP contribution in [-0.2, 0) is 21.3 Å². The molecule has 1 unspecified atom stereocenters. The lowest BCUT2D eigenvalue weighted by atomic mass is 10.1. The van der Waals surface area contributed by atoms with E-state index >= 15 is 0 Å². The molecule has 1 aromatic rings. The van der Waals surface area contributed by atoms with Crippen LogP contribution >= 0.6 is 0 Å². The van der Waals surface area contributed by atoms with Gasteiger partial charge in [-0.3, -0.25) is 0 Å². The van der Waals surface area contributed by atoms with Crippen molar-refractivity contribution in [3.8, 4) is 0 Å². The molecular formula is C12H15NO5S. The van der Waals surface area contributed by atoms with Crippen LogP contribution in [0.3, 0.4) is 0 Å². The maximum atomic E-state index is 11.9. The second-order valence-electron chi connectivity index (χ2n) is 4.31. The first-order valence-corrected chi connectivity index (χ1v) is 7.43. The number of carboxylic acids is 1. The van der Waals surface area contributed by atoms with Crippen molar-refractivity contribution >= 4 is 16.0 Å². The Bertz CT molecular complexity index is 563. The van der Waals surface area contributed by atoms with Gasteiger partial charge in [0.15, 0.2) is 0 Å². The minimum Gasteiger partial charge on any atom is -0.478 e. The summed E-state index contributed by atoms with van der Waals surface area (Å²) in [6.07, 6.45) is 0.468. The van der Waals surface area contributed by atoms with Crippen LogP contribution in [0, 0.1) is 0 Å². The highest BCUT2D eigenvalue weighted by Gasteiger charge is 2.29. The Hall–Kier alpha value is -1.44. The quantitative estimate of drug-likeness (QED) is 0.826. The van der Waals surface area contributed by atoms with Gasteiger partial charge >= 0.3 is 5.97 Å². The van der Waals surface area contributed by atoms with Gasteiger partial charge in [-0.1, -0.05) is 18.2 Å². The van der Waals surface area contributed by atoms with Crippen molar-refractivity contribution < 1.29 is 23.1 Å². The number of sulfonamides is 1. The molecule has 19 heavy (non-hydrogen) atoms. The van der Waals surface area contributed by atoms with Gasteiger partial charge in [0.1, 0.15) is 5.25 Å². The van der Waals surface area contributed by atoms with Crippen LogP contribution in [0.2, 0.25) is 0 Å². The third kappa shape index (κ3) is 3.31. The van der Waals surface area contributed by atoms with Gasteiger partial charge in [0.25, 0.3) is 0 Å². The topological polar surface area (TPSA) is 92.7 Å². The van der Waals surface area contributed by atoms with Gasteiger partial charge in [-0.05, 0) is 18.1 Å². The van der Waals surface area contributed by atoms with Crippen molar-refractivity contribution in [3.63, 3.8) is 0 Å². The lowest BCUT2D eigenvalue weighted by Gasteiger charge is -2.12. The van der Waals surface area contributed by atoms with Crippen molar-refractivity contribution in [2.75, 3.05) is 13.2 Å². The fourth-order valence-corrected chi connectivity index (χ4v) is 3.21. The summed E-state index contributed by atoms with van der Waals surface area (Å²) in [6, 6.07) is 6.32. The number of hydrogen-bond donors (Lipinski definition) is 2. The summed E-state index contributed by atoms with van der Waals surface area (Å²) in [4.78, 5) is 11.0. The number of carbonyl (C=O) groups is 1. The maximum Gasteiger partial charge on any atom is 0.336 e. The van der Waals surface area contributed by atoms with Crippen LogP contribution in [0.4, 0.5) is 0 Å². The fraction of sp³-hybridized carbons (Fsp3) is 0.417. The molecule has 0 saturated carbocycles. The number of nitrogens with one attached hydrogen (secondary N) is 1. The molecule has 1 aromatic carbocycles. The molecule has 1 saturated heterocycles. The average molecular weight is 285 g/mol. The number of carboxylic acid groups (broad SMARTS) is 1. The third-order valence-electron chi connectivity index (χ3n) is 3.04. The minimum absolute atomic E-state index is 0.0265. The highest BCUT2D eigenvalue weighted by Crippen LogP contribution is 2.14. The SMILES string of the molecule is O=C(O)c1ccccc1CNS(=O)(=O)C1CCOC1. The second-order valence-corrected chi connectivity index (χ2v) is 6.36. The molecule has 104 valence electrons. The predicted molar refractivity (Wildman–Crippen MR) is 68.4 cm³/mol. The van der Waals surface area contributed by atoms with E-state index in [1.807, 2.05) is 0 Å². The molecule has 1 heterocycles. The zero-order valence-corrected chi connectivity index (χ0v) is 11.0. The Morgan fingerprint density at radius 1 is 1.42 bits per heavy atom. The van der Waals surface area contributed by atoms with Crippen molar-refractivity contribution in [1.82, 2.24) is 4.72 Å². The van der Waals surface area contributed by atoms with Crippen LogP contribution in [0.5, 0.6) is 0 Å². The summed E-state index contributed by atoms with van der Waals surface area (Å²) < 4.78 is 31.4. The highest BCUT2D eigenvalue weighted by molar-refractivity contribution is 7.90. The summed E-state index contributed by atoms with van der Waals surface area (Å²) in [5.74, 6) is -1.07. The summed E-state index contributed by atoms with van der Waals surface area (Å²) in [7, 11) is -3.47. The zero-order valence-electron chi connectivity index (χ0n) is 10.2. The van der Waals surface area contributed by atoms with Crippen LogP contribution < -0.4 is 4.72 Å². The molecule has 0 aromatic heterocycles. The van der Waals surface area contributed by atoms with Gasteiger partial charge in [-0.2, -0.15) is 0 Å². The molecule has 2 rings (SSSR count). The molecule has 0 spiro atoms. The number of hydrogen-bond acceptors (Lipinski definition) is 4. The van der Waals surface area contributed by atoms with E-state index < -0.39 is 21.2 Å². The molecule has 6 nitrogen and oxygen atoms in total. The largest absolute Gasteiger partial charge is 0.478 e. The number of ether oxygens (including phenoxy) is 1. The van der Waals surface area contributed by atoms with Gasteiger partial charge in [-0.25, -0.2) is 17.9 Å². The van der Waals surface area contributed by atoms with Gasteiger partial charge in [-0.15, -0.1) is 0 Å². The smallest absolute Gasteiger partial charge is 0.336 e. The van der Waals surface area contributed by atoms with E-state index in [-0.39, 0.29) is 18.7 Å². The van der Waals surface area contributed by atoms with Crippen molar-refractivity contribution in [3.05, 3.63) is 35.4 Å². The normalized spacial score (nSPS) is 19.5. The molecule has 1 aliphatic rings. The van der Waals surface area contributed by atoms with Crippen molar-refractivity contribution in [1.29, 1.82) is 0 Å². The molecule has 1 fully saturated rings. The van der Waals surface area contributed by atoms with Crippen LogP contribution in [0.25, 0.3) is 0 Å². The summed E-state index contributed by atoms with van der Waals surface area (Å²) in [5, 5.41) is 8.46. The zero-order chi connectivity index (χ0) is 13.9. The molecule has 1 atom stereocenters. The highest BCUT2D eigenvalue weighted by atomic mass is 32.2. The Morgan fingerprint density at radius 2 is 2.16 bits per heavy atom. The number of rotatable bonds is 5. The molecule has 1 aliphatic heterocycles. The van der Waals surface area contributed by atoms with Crippen LogP contribution in [0.15, 0.2) is 24.3 Å². The van der Waals surface area contributed by atoms with E-state index in [0.717, 1.165) is 0 Å². The fourth-order valence-electron chi connectivity index (χ4n) is 1.94. The summed E-state index contributed by atoms with van der Waals surface area (Å²) in [5.41, 5.74) is 0.547. The van der Waals surface area contributed by atoms with Gasteiger partial charge < -0.3 is 9.84 Å². The summed E-state index contributed by atoms with van der Waals surface area (Å²) in [6.45, 7) is 0.606. The average Bonchev–Trinajstić information content (AvgIpc) is 2.91. The minimum atomic E-state index is -3.47. The first-order chi connectivity index (χ1) is 9.00. The summed E-state index contributed by atoms with van der Waals surface area (Å²) >= 11 is 0. The first kappa shape index (κ1) is 14.0. The molecule has 2 N–H and O–H groups in total. The lowest BCUT2D eigenvalue weighted by molar-refractivity contribution is 0.0695. The monoisotopic (exact) mass is 285 g/mol. The second kappa shape index (κ2) is 5.68. The van der Waals surface area contributed by atoms with E-state index in [0.29, 0.717) is 18.6 Å². The van der Waals surface area contributed by atoms with E-state index in [1.165, 1.54) is 6.07 Å². The molecule has 0 bridgehead atoms. The number of aromatic carboxylic acids is 1. The molecule has 7 heteroatoms. The Morgan fingerprint density at radius 3 is 2.79 bits per heavy atom. The first-order valence-electron chi connectivity index (χ1n) is 5.88. The van der Waals surface area contributed by atoms with E-state index in [9.17, 15) is 13.2 Å². The third-order valence-corrected chi connectivity index (χ3v) is 4.83. The Kier molecular flexibility index (Phi) is 4.18. The number of benzene rings is 1. The molecule has 0 amide bonds. The lowest BCUT2D eigenvalue weighted by Crippen LogP contribution is -2.34. The van der Waals surface area contributed by atoms with E-state index in [2.05, 4.69) is 4.72 Å². The Labute approximate surface area is 111 Å². The Balaban J connectivity index is 2.08. The van der Waals surface area contributed by atoms with E-state index in [4.69, 9.17) is 9.84 Å². The van der Waals surface area contributed by atoms with Crippen LogP contribution in [-0.4, -0.2) is 38.0 Å². The standard InChI is InChI=1S/C12H15NO5S/c14-12(15)11-4-2-1-3-9(11)7-13-19(16,17)10-5-6-18-8-10/h1-4,10,13H,5-8H2,(H,14,15).